The first-order valence-corrected chi connectivity index (χ1v) is 4.79. The zero-order valence-electron chi connectivity index (χ0n) is 8.16. The van der Waals surface area contributed by atoms with Gasteiger partial charge in [0, 0.05) is 13.1 Å². The highest BCUT2D eigenvalue weighted by molar-refractivity contribution is 5.66. The van der Waals surface area contributed by atoms with Gasteiger partial charge >= 0.3 is 6.09 Å². The number of carbonyl (C=O) groups is 1. The lowest BCUT2D eigenvalue weighted by Crippen LogP contribution is -2.22. The van der Waals surface area contributed by atoms with Crippen molar-refractivity contribution in [1.29, 1.82) is 0 Å². The summed E-state index contributed by atoms with van der Waals surface area (Å²) in [5, 5.41) is 8.84. The fraction of sp³-hybridized carbons (Fsp3) is 0.364. The Morgan fingerprint density at radius 3 is 2.79 bits per heavy atom. The van der Waals surface area contributed by atoms with Gasteiger partial charge in [-0.3, -0.25) is 4.90 Å². The van der Waals surface area contributed by atoms with E-state index in [0.29, 0.717) is 13.1 Å². The molecule has 1 aromatic carbocycles. The largest absolute Gasteiger partial charge is 0.465 e. The van der Waals surface area contributed by atoms with Gasteiger partial charge in [-0.25, -0.2) is 4.79 Å². The molecule has 74 valence electrons. The number of amides is 1. The number of hydrogen-bond donors (Lipinski definition) is 1. The Hall–Kier alpha value is -1.51. The predicted molar refractivity (Wildman–Crippen MR) is 53.1 cm³/mol. The Bertz CT molecular complexity index is 374. The summed E-state index contributed by atoms with van der Waals surface area (Å²) in [6, 6.07) is 6.22. The van der Waals surface area contributed by atoms with Crippen molar-refractivity contribution in [2.75, 3.05) is 0 Å². The fourth-order valence-electron chi connectivity index (χ4n) is 1.80. The highest BCUT2D eigenvalue weighted by Crippen LogP contribution is 2.23. The number of fused-ring (bicyclic) bond motifs is 1. The standard InChI is InChI=1S/C11H13NO2/c1-2-8-3-4-9-6-12(11(13)14)7-10(9)5-8/h3-5H,2,6-7H2,1H3,(H,13,14). The van der Waals surface area contributed by atoms with Gasteiger partial charge in [-0.15, -0.1) is 0 Å². The highest BCUT2D eigenvalue weighted by atomic mass is 16.4. The Balaban J connectivity index is 2.27. The van der Waals surface area contributed by atoms with Crippen molar-refractivity contribution in [3.8, 4) is 0 Å². The molecule has 0 saturated heterocycles. The van der Waals surface area contributed by atoms with Crippen LogP contribution in [0.15, 0.2) is 18.2 Å². The zero-order valence-corrected chi connectivity index (χ0v) is 8.16. The summed E-state index contributed by atoms with van der Waals surface area (Å²) >= 11 is 0. The predicted octanol–water partition coefficient (Wildman–Crippen LogP) is 2.24. The quantitative estimate of drug-likeness (QED) is 0.739. The number of hydrogen-bond acceptors (Lipinski definition) is 1. The average molecular weight is 191 g/mol. The summed E-state index contributed by atoms with van der Waals surface area (Å²) in [4.78, 5) is 12.2. The topological polar surface area (TPSA) is 40.5 Å². The molecule has 1 N–H and O–H groups in total. The number of carboxylic acid groups (broad SMARTS) is 1. The van der Waals surface area contributed by atoms with Crippen molar-refractivity contribution in [3.05, 3.63) is 34.9 Å². The Labute approximate surface area is 83.0 Å². The van der Waals surface area contributed by atoms with E-state index in [1.807, 2.05) is 6.07 Å². The first-order valence-electron chi connectivity index (χ1n) is 4.79. The minimum Gasteiger partial charge on any atom is -0.465 e. The monoisotopic (exact) mass is 191 g/mol. The molecule has 0 aliphatic carbocycles. The number of benzene rings is 1. The molecule has 0 saturated carbocycles. The highest BCUT2D eigenvalue weighted by Gasteiger charge is 2.22. The van der Waals surface area contributed by atoms with Gasteiger partial charge in [0.1, 0.15) is 0 Å². The van der Waals surface area contributed by atoms with E-state index >= 15 is 0 Å². The van der Waals surface area contributed by atoms with Crippen LogP contribution in [0.25, 0.3) is 0 Å². The molecule has 1 aromatic rings. The van der Waals surface area contributed by atoms with Crippen molar-refractivity contribution in [1.82, 2.24) is 4.90 Å². The maximum Gasteiger partial charge on any atom is 0.407 e. The molecule has 3 heteroatoms. The van der Waals surface area contributed by atoms with Gasteiger partial charge < -0.3 is 5.11 Å². The van der Waals surface area contributed by atoms with E-state index < -0.39 is 6.09 Å². The summed E-state index contributed by atoms with van der Waals surface area (Å²) < 4.78 is 0. The minimum absolute atomic E-state index is 0.536. The van der Waals surface area contributed by atoms with Crippen LogP contribution in [0.3, 0.4) is 0 Å². The molecular weight excluding hydrogens is 178 g/mol. The normalized spacial score (nSPS) is 14.2. The van der Waals surface area contributed by atoms with Crippen LogP contribution in [0.2, 0.25) is 0 Å². The lowest BCUT2D eigenvalue weighted by molar-refractivity contribution is 0.145. The van der Waals surface area contributed by atoms with E-state index in [4.69, 9.17) is 5.11 Å². The summed E-state index contributed by atoms with van der Waals surface area (Å²) in [6.07, 6.45) is 0.166. The Morgan fingerprint density at radius 2 is 2.14 bits per heavy atom. The van der Waals surface area contributed by atoms with Gasteiger partial charge in [-0.1, -0.05) is 25.1 Å². The Kier molecular flexibility index (Phi) is 2.15. The lowest BCUT2D eigenvalue weighted by atomic mass is 10.1. The van der Waals surface area contributed by atoms with E-state index in [2.05, 4.69) is 19.1 Å². The number of aryl methyl sites for hydroxylation is 1. The third-order valence-electron chi connectivity index (χ3n) is 2.67. The second-order valence-corrected chi connectivity index (χ2v) is 3.60. The molecule has 0 fully saturated rings. The van der Waals surface area contributed by atoms with Crippen LogP contribution in [-0.2, 0) is 19.5 Å². The summed E-state index contributed by atoms with van der Waals surface area (Å²) in [6.45, 7) is 3.18. The van der Waals surface area contributed by atoms with Crippen LogP contribution >= 0.6 is 0 Å². The molecule has 1 amide bonds. The van der Waals surface area contributed by atoms with Crippen molar-refractivity contribution in [2.45, 2.75) is 26.4 Å². The van der Waals surface area contributed by atoms with Gasteiger partial charge in [0.25, 0.3) is 0 Å². The number of rotatable bonds is 1. The van der Waals surface area contributed by atoms with Crippen molar-refractivity contribution < 1.29 is 9.90 Å². The van der Waals surface area contributed by atoms with Crippen LogP contribution in [0.5, 0.6) is 0 Å². The fourth-order valence-corrected chi connectivity index (χ4v) is 1.80. The molecule has 2 rings (SSSR count). The number of nitrogens with zero attached hydrogens (tertiary/aromatic N) is 1. The second-order valence-electron chi connectivity index (χ2n) is 3.60. The molecule has 14 heavy (non-hydrogen) atoms. The van der Waals surface area contributed by atoms with Gasteiger partial charge in [-0.2, -0.15) is 0 Å². The van der Waals surface area contributed by atoms with E-state index in [1.54, 1.807) is 0 Å². The molecule has 0 spiro atoms. The second kappa shape index (κ2) is 3.33. The molecule has 1 heterocycles. The van der Waals surface area contributed by atoms with Crippen LogP contribution < -0.4 is 0 Å². The van der Waals surface area contributed by atoms with E-state index in [1.165, 1.54) is 10.5 Å². The minimum atomic E-state index is -0.834. The maximum absolute atomic E-state index is 10.8. The van der Waals surface area contributed by atoms with Crippen LogP contribution in [-0.4, -0.2) is 16.1 Å². The van der Waals surface area contributed by atoms with E-state index in [9.17, 15) is 4.79 Å². The lowest BCUT2D eigenvalue weighted by Gasteiger charge is -2.08. The molecule has 1 aliphatic rings. The summed E-state index contributed by atoms with van der Waals surface area (Å²) in [5.41, 5.74) is 3.58. The molecule has 0 atom stereocenters. The van der Waals surface area contributed by atoms with Gasteiger partial charge in [0.15, 0.2) is 0 Å². The van der Waals surface area contributed by atoms with E-state index in [0.717, 1.165) is 17.5 Å². The third-order valence-corrected chi connectivity index (χ3v) is 2.67. The molecule has 0 unspecified atom stereocenters. The molecule has 0 radical (unpaired) electrons. The molecule has 3 nitrogen and oxygen atoms in total. The van der Waals surface area contributed by atoms with Crippen LogP contribution in [0.1, 0.15) is 23.6 Å². The van der Waals surface area contributed by atoms with Crippen LogP contribution in [0, 0.1) is 0 Å². The van der Waals surface area contributed by atoms with E-state index in [-0.39, 0.29) is 0 Å². The van der Waals surface area contributed by atoms with Gasteiger partial charge in [0.2, 0.25) is 0 Å². The molecule has 1 aliphatic heterocycles. The third kappa shape index (κ3) is 1.45. The zero-order chi connectivity index (χ0) is 10.1. The van der Waals surface area contributed by atoms with Crippen LogP contribution in [0.4, 0.5) is 4.79 Å². The first-order chi connectivity index (χ1) is 6.70. The SMILES string of the molecule is CCc1ccc2c(c1)CN(C(=O)O)C2. The molecule has 0 bridgehead atoms. The molecule has 0 aromatic heterocycles. The Morgan fingerprint density at radius 1 is 1.43 bits per heavy atom. The maximum atomic E-state index is 10.8. The van der Waals surface area contributed by atoms with Crippen molar-refractivity contribution >= 4 is 6.09 Å². The van der Waals surface area contributed by atoms with Crippen molar-refractivity contribution in [2.24, 2.45) is 0 Å². The molecular formula is C11H13NO2. The summed E-state index contributed by atoms with van der Waals surface area (Å²) in [7, 11) is 0. The van der Waals surface area contributed by atoms with Gasteiger partial charge in [-0.05, 0) is 23.1 Å². The van der Waals surface area contributed by atoms with Gasteiger partial charge in [0.05, 0.1) is 0 Å². The smallest absolute Gasteiger partial charge is 0.407 e. The first kappa shape index (κ1) is 9.06. The average Bonchev–Trinajstić information content (AvgIpc) is 2.59. The summed E-state index contributed by atoms with van der Waals surface area (Å²) in [5.74, 6) is 0. The van der Waals surface area contributed by atoms with Crippen molar-refractivity contribution in [3.63, 3.8) is 0 Å².